The van der Waals surface area contributed by atoms with Gasteiger partial charge in [-0.25, -0.2) is 0 Å². The lowest BCUT2D eigenvalue weighted by Gasteiger charge is -2.31. The Bertz CT molecular complexity index is 1060. The zero-order valence-electron chi connectivity index (χ0n) is 15.8. The minimum absolute atomic E-state index is 1.08. The van der Waals surface area contributed by atoms with Crippen LogP contribution in [-0.4, -0.2) is 8.07 Å². The van der Waals surface area contributed by atoms with Crippen molar-refractivity contribution in [1.29, 1.82) is 0 Å². The predicted molar refractivity (Wildman–Crippen MR) is 115 cm³/mol. The smallest absolute Gasteiger partial charge is 0.0711 e. The average Bonchev–Trinajstić information content (AvgIpc) is 3.20. The minimum Gasteiger partial charge on any atom is -0.0711 e. The Labute approximate surface area is 157 Å². The summed E-state index contributed by atoms with van der Waals surface area (Å²) in [6.45, 7) is 7.41. The molecule has 0 radical (unpaired) electrons. The summed E-state index contributed by atoms with van der Waals surface area (Å²) < 4.78 is 0. The third-order valence-corrected chi connectivity index (χ3v) is 10.2. The molecular formula is C25H24Si. The molecule has 0 saturated carbocycles. The van der Waals surface area contributed by atoms with Crippen LogP contribution in [0.3, 0.4) is 0 Å². The first-order valence-electron chi connectivity index (χ1n) is 9.55. The molecule has 0 amide bonds. The van der Waals surface area contributed by atoms with Crippen LogP contribution in [0.2, 0.25) is 13.1 Å². The molecule has 0 nitrogen and oxygen atoms in total. The van der Waals surface area contributed by atoms with Gasteiger partial charge in [0.1, 0.15) is 8.07 Å². The van der Waals surface area contributed by atoms with Crippen LogP contribution in [0, 0.1) is 0 Å². The molecule has 26 heavy (non-hydrogen) atoms. The van der Waals surface area contributed by atoms with Gasteiger partial charge in [0.25, 0.3) is 0 Å². The fraction of sp³-hybridized carbons (Fsp3) is 0.200. The number of allylic oxidation sites excluding steroid dienone is 6. The van der Waals surface area contributed by atoms with Crippen LogP contribution in [0.25, 0.3) is 12.2 Å². The first kappa shape index (κ1) is 15.8. The maximum Gasteiger partial charge on any atom is 0.109 e. The summed E-state index contributed by atoms with van der Waals surface area (Å²) in [5.41, 5.74) is 10.3. The molecule has 2 aromatic rings. The molecule has 3 aliphatic rings. The van der Waals surface area contributed by atoms with E-state index in [2.05, 4.69) is 86.8 Å². The van der Waals surface area contributed by atoms with Gasteiger partial charge in [0.2, 0.25) is 0 Å². The summed E-state index contributed by atoms with van der Waals surface area (Å²) >= 11 is 0. The van der Waals surface area contributed by atoms with E-state index in [-0.39, 0.29) is 0 Å². The summed E-state index contributed by atoms with van der Waals surface area (Å²) in [5.74, 6) is 0. The SMILES string of the molecule is CC1=C([Si](C)(C)C2=Cc3ccccc3C2)C2=Cc3ccccc3CC2=C1. The molecule has 1 heteroatoms. The second kappa shape index (κ2) is 5.56. The van der Waals surface area contributed by atoms with E-state index in [1.807, 2.05) is 0 Å². The van der Waals surface area contributed by atoms with Crippen LogP contribution in [0.1, 0.15) is 29.2 Å². The molecule has 3 aliphatic carbocycles. The second-order valence-electron chi connectivity index (χ2n) is 8.33. The Kier molecular flexibility index (Phi) is 3.38. The van der Waals surface area contributed by atoms with Crippen molar-refractivity contribution in [3.63, 3.8) is 0 Å². The molecule has 0 saturated heterocycles. The average molecular weight is 353 g/mol. The quantitative estimate of drug-likeness (QED) is 0.556. The van der Waals surface area contributed by atoms with E-state index >= 15 is 0 Å². The number of hydrogen-bond donors (Lipinski definition) is 0. The monoisotopic (exact) mass is 352 g/mol. The van der Waals surface area contributed by atoms with Crippen molar-refractivity contribution >= 4 is 20.2 Å². The first-order chi connectivity index (χ1) is 12.5. The third-order valence-electron chi connectivity index (χ3n) is 6.33. The predicted octanol–water partition coefficient (Wildman–Crippen LogP) is 6.31. The molecule has 0 aliphatic heterocycles. The first-order valence-corrected chi connectivity index (χ1v) is 12.6. The molecule has 0 bridgehead atoms. The van der Waals surface area contributed by atoms with E-state index in [1.165, 1.54) is 39.0 Å². The molecule has 128 valence electrons. The maximum atomic E-state index is 2.54. The van der Waals surface area contributed by atoms with Crippen molar-refractivity contribution in [3.05, 3.63) is 104 Å². The molecule has 0 spiro atoms. The van der Waals surface area contributed by atoms with Gasteiger partial charge in [-0.3, -0.25) is 0 Å². The topological polar surface area (TPSA) is 0 Å². The standard InChI is InChI=1S/C25H24Si/c1-17-12-22-13-18-8-4-7-11-21(18)16-24(22)25(17)26(2,3)23-14-19-9-5-6-10-20(19)15-23/h4-12,14,16H,13,15H2,1-3H3. The van der Waals surface area contributed by atoms with E-state index in [0.717, 1.165) is 12.8 Å². The molecular weight excluding hydrogens is 328 g/mol. The molecule has 0 fully saturated rings. The van der Waals surface area contributed by atoms with Crippen molar-refractivity contribution in [1.82, 2.24) is 0 Å². The largest absolute Gasteiger partial charge is 0.109 e. The highest BCUT2D eigenvalue weighted by Gasteiger charge is 2.39. The third kappa shape index (κ3) is 2.27. The Hall–Kier alpha value is -2.38. The van der Waals surface area contributed by atoms with Crippen LogP contribution < -0.4 is 0 Å². The van der Waals surface area contributed by atoms with Crippen molar-refractivity contribution in [2.45, 2.75) is 32.9 Å². The lowest BCUT2D eigenvalue weighted by Crippen LogP contribution is -2.34. The van der Waals surface area contributed by atoms with Crippen molar-refractivity contribution in [2.24, 2.45) is 0 Å². The lowest BCUT2D eigenvalue weighted by molar-refractivity contribution is 1.15. The Morgan fingerprint density at radius 1 is 0.731 bits per heavy atom. The Balaban J connectivity index is 1.58. The summed E-state index contributed by atoms with van der Waals surface area (Å²) in [6.07, 6.45) is 9.59. The second-order valence-corrected chi connectivity index (χ2v) is 12.7. The number of benzene rings is 2. The van der Waals surface area contributed by atoms with Gasteiger partial charge in [-0.1, -0.05) is 84.5 Å². The molecule has 2 aromatic carbocycles. The van der Waals surface area contributed by atoms with Gasteiger partial charge in [-0.05, 0) is 64.4 Å². The van der Waals surface area contributed by atoms with Crippen LogP contribution in [0.15, 0.2) is 81.7 Å². The van der Waals surface area contributed by atoms with Crippen molar-refractivity contribution < 1.29 is 0 Å². The van der Waals surface area contributed by atoms with Crippen LogP contribution in [-0.2, 0) is 12.8 Å². The van der Waals surface area contributed by atoms with Gasteiger partial charge >= 0.3 is 0 Å². The van der Waals surface area contributed by atoms with E-state index in [0.29, 0.717) is 0 Å². The van der Waals surface area contributed by atoms with Crippen molar-refractivity contribution in [3.8, 4) is 0 Å². The normalized spacial score (nSPS) is 18.0. The van der Waals surface area contributed by atoms with Crippen LogP contribution in [0.4, 0.5) is 0 Å². The Morgan fingerprint density at radius 2 is 1.35 bits per heavy atom. The minimum atomic E-state index is -1.71. The highest BCUT2D eigenvalue weighted by molar-refractivity contribution is 6.92. The zero-order chi connectivity index (χ0) is 17.9. The molecule has 0 unspecified atom stereocenters. The summed E-state index contributed by atoms with van der Waals surface area (Å²) in [4.78, 5) is 0. The zero-order valence-corrected chi connectivity index (χ0v) is 16.8. The molecule has 5 rings (SSSR count). The Morgan fingerprint density at radius 3 is 2.04 bits per heavy atom. The van der Waals surface area contributed by atoms with Gasteiger partial charge < -0.3 is 0 Å². The van der Waals surface area contributed by atoms with E-state index < -0.39 is 8.07 Å². The molecule has 0 atom stereocenters. The van der Waals surface area contributed by atoms with Gasteiger partial charge in [-0.15, -0.1) is 0 Å². The summed E-state index contributed by atoms with van der Waals surface area (Å²) in [5, 5.41) is 3.32. The van der Waals surface area contributed by atoms with E-state index in [4.69, 9.17) is 0 Å². The molecule has 0 heterocycles. The highest BCUT2D eigenvalue weighted by atomic mass is 28.3. The maximum absolute atomic E-state index is 2.54. The fourth-order valence-electron chi connectivity index (χ4n) is 4.96. The van der Waals surface area contributed by atoms with E-state index in [9.17, 15) is 0 Å². The van der Waals surface area contributed by atoms with Gasteiger partial charge in [-0.2, -0.15) is 0 Å². The number of hydrogen-bond acceptors (Lipinski definition) is 0. The fourth-order valence-corrected chi connectivity index (χ4v) is 8.40. The number of fused-ring (bicyclic) bond motifs is 3. The molecule has 0 aromatic heterocycles. The number of rotatable bonds is 2. The van der Waals surface area contributed by atoms with Gasteiger partial charge in [0.05, 0.1) is 0 Å². The van der Waals surface area contributed by atoms with Gasteiger partial charge in [0.15, 0.2) is 0 Å². The van der Waals surface area contributed by atoms with E-state index in [1.54, 1.807) is 10.4 Å². The molecule has 0 N–H and O–H groups in total. The van der Waals surface area contributed by atoms with Crippen molar-refractivity contribution in [2.75, 3.05) is 0 Å². The highest BCUT2D eigenvalue weighted by Crippen LogP contribution is 2.46. The van der Waals surface area contributed by atoms with Crippen LogP contribution in [0.5, 0.6) is 0 Å². The van der Waals surface area contributed by atoms with Gasteiger partial charge in [0, 0.05) is 0 Å². The summed E-state index contributed by atoms with van der Waals surface area (Å²) in [6, 6.07) is 17.8. The summed E-state index contributed by atoms with van der Waals surface area (Å²) in [7, 11) is -1.71. The van der Waals surface area contributed by atoms with Crippen LogP contribution >= 0.6 is 0 Å². The lowest BCUT2D eigenvalue weighted by atomic mass is 9.90.